The van der Waals surface area contributed by atoms with Crippen LogP contribution in [0.5, 0.6) is 0 Å². The fraction of sp³-hybridized carbons (Fsp3) is 0.167. The Hall–Kier alpha value is -3.44. The normalized spacial score (nSPS) is 13.3. The summed E-state index contributed by atoms with van der Waals surface area (Å²) in [6.07, 6.45) is 0.811. The lowest BCUT2D eigenvalue weighted by Gasteiger charge is -2.13. The van der Waals surface area contributed by atoms with Gasteiger partial charge in [-0.3, -0.25) is 14.8 Å². The predicted molar refractivity (Wildman–Crippen MR) is 116 cm³/mol. The molecular weight excluding hydrogens is 360 g/mol. The second kappa shape index (κ2) is 8.71. The maximum atomic E-state index is 12.3. The number of nitrogens with two attached hydrogens (primary N) is 1. The fourth-order valence-corrected chi connectivity index (χ4v) is 3.38. The number of amidine groups is 1. The molecule has 0 fully saturated rings. The van der Waals surface area contributed by atoms with Crippen molar-refractivity contribution in [3.05, 3.63) is 107 Å². The molecule has 0 unspecified atom stereocenters. The Kier molecular flexibility index (Phi) is 5.68. The smallest absolute Gasteiger partial charge is 0.251 e. The first-order valence-corrected chi connectivity index (χ1v) is 9.76. The van der Waals surface area contributed by atoms with E-state index in [0.717, 1.165) is 42.0 Å². The number of rotatable bonds is 6. The Morgan fingerprint density at radius 2 is 1.55 bits per heavy atom. The summed E-state index contributed by atoms with van der Waals surface area (Å²) in [5.74, 6) is 6.72. The van der Waals surface area contributed by atoms with Gasteiger partial charge in [-0.05, 0) is 35.2 Å². The van der Waals surface area contributed by atoms with Gasteiger partial charge in [0.2, 0.25) is 0 Å². The van der Waals surface area contributed by atoms with E-state index in [1.54, 1.807) is 5.01 Å². The average molecular weight is 384 g/mol. The van der Waals surface area contributed by atoms with E-state index in [1.165, 1.54) is 5.56 Å². The zero-order valence-corrected chi connectivity index (χ0v) is 16.2. The molecule has 0 radical (unpaired) electrons. The molecule has 1 aliphatic rings. The summed E-state index contributed by atoms with van der Waals surface area (Å²) in [6.45, 7) is 2.04. The maximum absolute atomic E-state index is 12.3. The third-order valence-electron chi connectivity index (χ3n) is 5.01. The molecule has 0 aromatic heterocycles. The van der Waals surface area contributed by atoms with Crippen molar-refractivity contribution in [2.24, 2.45) is 10.8 Å². The summed E-state index contributed by atoms with van der Waals surface area (Å²) in [5.41, 5.74) is 5.16. The van der Waals surface area contributed by atoms with Crippen molar-refractivity contribution in [3.8, 4) is 0 Å². The van der Waals surface area contributed by atoms with Crippen LogP contribution in [0.2, 0.25) is 0 Å². The first-order valence-electron chi connectivity index (χ1n) is 9.76. The number of hydrogen-bond acceptors (Lipinski definition) is 4. The van der Waals surface area contributed by atoms with E-state index < -0.39 is 0 Å². The van der Waals surface area contributed by atoms with Crippen molar-refractivity contribution < 1.29 is 4.79 Å². The number of nitrogens with one attached hydrogen (secondary N) is 1. The van der Waals surface area contributed by atoms with Gasteiger partial charge in [0, 0.05) is 17.7 Å². The van der Waals surface area contributed by atoms with Crippen LogP contribution in [-0.2, 0) is 13.0 Å². The minimum Gasteiger partial charge on any atom is -0.348 e. The van der Waals surface area contributed by atoms with Crippen molar-refractivity contribution in [1.29, 1.82) is 0 Å². The van der Waals surface area contributed by atoms with Gasteiger partial charge in [-0.2, -0.15) is 0 Å². The number of nitrogens with zero attached hydrogens (tertiary/aromatic N) is 2. The predicted octanol–water partition coefficient (Wildman–Crippen LogP) is 3.14. The molecule has 4 rings (SSSR count). The van der Waals surface area contributed by atoms with Gasteiger partial charge in [0.15, 0.2) is 0 Å². The zero-order valence-electron chi connectivity index (χ0n) is 16.2. The first-order chi connectivity index (χ1) is 14.2. The molecule has 29 heavy (non-hydrogen) atoms. The minimum absolute atomic E-state index is 0.0616. The topological polar surface area (TPSA) is 70.7 Å². The molecule has 0 aliphatic carbocycles. The Morgan fingerprint density at radius 1 is 0.897 bits per heavy atom. The van der Waals surface area contributed by atoms with E-state index in [4.69, 9.17) is 5.84 Å². The van der Waals surface area contributed by atoms with Crippen molar-refractivity contribution in [2.75, 3.05) is 13.1 Å². The Bertz CT molecular complexity index is 995. The van der Waals surface area contributed by atoms with E-state index in [1.807, 2.05) is 54.6 Å². The highest BCUT2D eigenvalue weighted by molar-refractivity contribution is 5.99. The third-order valence-corrected chi connectivity index (χ3v) is 5.01. The van der Waals surface area contributed by atoms with Crippen LogP contribution in [0.15, 0.2) is 83.9 Å². The number of carbonyl (C=O) groups excluding carboxylic acids is 1. The van der Waals surface area contributed by atoms with Crippen LogP contribution in [-0.4, -0.2) is 29.8 Å². The van der Waals surface area contributed by atoms with E-state index in [2.05, 4.69) is 34.6 Å². The lowest BCUT2D eigenvalue weighted by atomic mass is 10.0. The Morgan fingerprint density at radius 3 is 2.17 bits per heavy atom. The van der Waals surface area contributed by atoms with Gasteiger partial charge in [-0.1, -0.05) is 66.7 Å². The van der Waals surface area contributed by atoms with E-state index >= 15 is 0 Å². The van der Waals surface area contributed by atoms with Gasteiger partial charge in [-0.15, -0.1) is 0 Å². The standard InChI is InChI=1S/C24H24N4O/c25-28-15-14-26-23(28)21-10-6-18(7-11-21)16-19-8-12-22(13-9-19)24(29)27-17-20-4-2-1-3-5-20/h1-13H,14-17,25H2,(H,27,29). The largest absolute Gasteiger partial charge is 0.348 e. The molecule has 5 heteroatoms. The highest BCUT2D eigenvalue weighted by atomic mass is 16.1. The number of carbonyl (C=O) groups is 1. The number of benzene rings is 3. The molecule has 5 nitrogen and oxygen atoms in total. The van der Waals surface area contributed by atoms with Gasteiger partial charge in [0.1, 0.15) is 5.84 Å². The summed E-state index contributed by atoms with van der Waals surface area (Å²) >= 11 is 0. The molecule has 0 saturated carbocycles. The van der Waals surface area contributed by atoms with Crippen LogP contribution in [0.3, 0.4) is 0 Å². The van der Waals surface area contributed by atoms with Gasteiger partial charge < -0.3 is 5.32 Å². The van der Waals surface area contributed by atoms with Gasteiger partial charge in [0.05, 0.1) is 13.1 Å². The maximum Gasteiger partial charge on any atom is 0.251 e. The molecule has 1 heterocycles. The van der Waals surface area contributed by atoms with E-state index in [-0.39, 0.29) is 5.91 Å². The molecule has 3 aromatic rings. The van der Waals surface area contributed by atoms with Crippen LogP contribution in [0.25, 0.3) is 0 Å². The SMILES string of the molecule is NN1CCN=C1c1ccc(Cc2ccc(C(=O)NCc3ccccc3)cc2)cc1. The third kappa shape index (κ3) is 4.70. The quantitative estimate of drug-likeness (QED) is 0.642. The molecule has 1 aliphatic heterocycles. The summed E-state index contributed by atoms with van der Waals surface area (Å²) in [7, 11) is 0. The summed E-state index contributed by atoms with van der Waals surface area (Å²) in [4.78, 5) is 16.8. The highest BCUT2D eigenvalue weighted by Crippen LogP contribution is 2.14. The molecule has 3 N–H and O–H groups in total. The van der Waals surface area contributed by atoms with Crippen molar-refractivity contribution in [2.45, 2.75) is 13.0 Å². The second-order valence-corrected chi connectivity index (χ2v) is 7.14. The zero-order chi connectivity index (χ0) is 20.1. The minimum atomic E-state index is -0.0616. The van der Waals surface area contributed by atoms with Crippen LogP contribution < -0.4 is 11.2 Å². The number of hydrogen-bond donors (Lipinski definition) is 2. The summed E-state index contributed by atoms with van der Waals surface area (Å²) < 4.78 is 0. The van der Waals surface area contributed by atoms with Crippen LogP contribution in [0.1, 0.15) is 32.6 Å². The van der Waals surface area contributed by atoms with Crippen LogP contribution >= 0.6 is 0 Å². The van der Waals surface area contributed by atoms with Gasteiger partial charge >= 0.3 is 0 Å². The molecule has 0 bridgehead atoms. The van der Waals surface area contributed by atoms with Gasteiger partial charge in [-0.25, -0.2) is 5.84 Å². The van der Waals surface area contributed by atoms with Crippen molar-refractivity contribution >= 4 is 11.7 Å². The van der Waals surface area contributed by atoms with E-state index in [0.29, 0.717) is 12.1 Å². The Balaban J connectivity index is 1.35. The molecule has 146 valence electrons. The molecule has 1 amide bonds. The molecule has 0 atom stereocenters. The lowest BCUT2D eigenvalue weighted by molar-refractivity contribution is 0.0951. The van der Waals surface area contributed by atoms with Gasteiger partial charge in [0.25, 0.3) is 5.91 Å². The van der Waals surface area contributed by atoms with Crippen molar-refractivity contribution in [3.63, 3.8) is 0 Å². The molecule has 0 saturated heterocycles. The number of aliphatic imine (C=N–C) groups is 1. The highest BCUT2D eigenvalue weighted by Gasteiger charge is 2.14. The van der Waals surface area contributed by atoms with Crippen molar-refractivity contribution in [1.82, 2.24) is 10.3 Å². The number of hydrazine groups is 1. The summed E-state index contributed by atoms with van der Waals surface area (Å²) in [6, 6.07) is 26.0. The number of amides is 1. The summed E-state index contributed by atoms with van der Waals surface area (Å²) in [5, 5.41) is 4.65. The average Bonchev–Trinajstić information content (AvgIpc) is 3.20. The van der Waals surface area contributed by atoms with E-state index in [9.17, 15) is 4.79 Å². The second-order valence-electron chi connectivity index (χ2n) is 7.14. The van der Waals surface area contributed by atoms with Crippen LogP contribution in [0, 0.1) is 0 Å². The molecule has 3 aromatic carbocycles. The lowest BCUT2D eigenvalue weighted by Crippen LogP contribution is -2.34. The monoisotopic (exact) mass is 384 g/mol. The Labute approximate surface area is 170 Å². The molecule has 0 spiro atoms. The fourth-order valence-electron chi connectivity index (χ4n) is 3.38. The first kappa shape index (κ1) is 18.9. The van der Waals surface area contributed by atoms with Crippen LogP contribution in [0.4, 0.5) is 0 Å². The molecular formula is C24H24N4O.